The number of ketones is 1. The Morgan fingerprint density at radius 1 is 1.13 bits per heavy atom. The van der Waals surface area contributed by atoms with Gasteiger partial charge in [0.15, 0.2) is 5.78 Å². The minimum atomic E-state index is -0.595. The summed E-state index contributed by atoms with van der Waals surface area (Å²) in [6.45, 7) is 1.91. The molecule has 1 heterocycles. The maximum Gasteiger partial charge on any atom is 0.355 e. The second kappa shape index (κ2) is 5.96. The predicted octanol–water partition coefficient (Wildman–Crippen LogP) is 3.28. The summed E-state index contributed by atoms with van der Waals surface area (Å²) in [5.74, 6) is -0.873. The summed E-state index contributed by atoms with van der Waals surface area (Å²) in [6.07, 6.45) is 0. The Morgan fingerprint density at radius 3 is 2.57 bits per heavy atom. The molecule has 0 saturated heterocycles. The Morgan fingerprint density at radius 2 is 1.87 bits per heavy atom. The summed E-state index contributed by atoms with van der Waals surface area (Å²) in [4.78, 5) is 28.0. The number of nitrogens with one attached hydrogen (secondary N) is 1. The first-order chi connectivity index (χ1) is 11.1. The number of H-pyrrole nitrogens is 1. The van der Waals surface area contributed by atoms with Crippen LogP contribution in [0.15, 0.2) is 48.5 Å². The van der Waals surface area contributed by atoms with E-state index in [4.69, 9.17) is 4.74 Å². The smallest absolute Gasteiger partial charge is 0.355 e. The van der Waals surface area contributed by atoms with Gasteiger partial charge in [-0.3, -0.25) is 4.79 Å². The van der Waals surface area contributed by atoms with Gasteiger partial charge in [-0.25, -0.2) is 4.79 Å². The van der Waals surface area contributed by atoms with Gasteiger partial charge in [-0.15, -0.1) is 0 Å². The van der Waals surface area contributed by atoms with Crippen LogP contribution < -0.4 is 0 Å². The van der Waals surface area contributed by atoms with Crippen LogP contribution in [0, 0.1) is 0 Å². The molecule has 0 aliphatic heterocycles. The molecular formula is C18H15NO4. The van der Waals surface area contributed by atoms with Crippen molar-refractivity contribution in [1.82, 2.24) is 4.98 Å². The first-order valence-corrected chi connectivity index (χ1v) is 7.23. The van der Waals surface area contributed by atoms with Crippen LogP contribution in [0.2, 0.25) is 0 Å². The van der Waals surface area contributed by atoms with Gasteiger partial charge in [0.2, 0.25) is 0 Å². The summed E-state index contributed by atoms with van der Waals surface area (Å²) in [5, 5.41) is 10.2. The fourth-order valence-electron chi connectivity index (χ4n) is 2.51. The van der Waals surface area contributed by atoms with Gasteiger partial charge < -0.3 is 14.8 Å². The fraction of sp³-hybridized carbons (Fsp3) is 0.111. The van der Waals surface area contributed by atoms with E-state index in [0.717, 1.165) is 0 Å². The lowest BCUT2D eigenvalue weighted by molar-refractivity contribution is 0.0518. The number of hydrogen-bond acceptors (Lipinski definition) is 4. The molecule has 0 aliphatic rings. The van der Waals surface area contributed by atoms with Crippen molar-refractivity contribution in [2.75, 3.05) is 6.61 Å². The van der Waals surface area contributed by atoms with Crippen molar-refractivity contribution in [3.8, 4) is 5.75 Å². The summed E-state index contributed by atoms with van der Waals surface area (Å²) in [7, 11) is 0. The zero-order valence-corrected chi connectivity index (χ0v) is 12.5. The Bertz CT molecular complexity index is 881. The third kappa shape index (κ3) is 2.68. The third-order valence-electron chi connectivity index (χ3n) is 3.52. The van der Waals surface area contributed by atoms with Crippen molar-refractivity contribution >= 4 is 22.7 Å². The van der Waals surface area contributed by atoms with E-state index in [-0.39, 0.29) is 29.4 Å². The maximum absolute atomic E-state index is 12.9. The quantitative estimate of drug-likeness (QED) is 0.572. The van der Waals surface area contributed by atoms with Gasteiger partial charge in [0, 0.05) is 16.5 Å². The highest BCUT2D eigenvalue weighted by Gasteiger charge is 2.25. The first kappa shape index (κ1) is 14.8. The van der Waals surface area contributed by atoms with E-state index in [1.165, 1.54) is 12.1 Å². The summed E-state index contributed by atoms with van der Waals surface area (Å²) < 4.78 is 5.03. The van der Waals surface area contributed by atoms with Crippen molar-refractivity contribution in [3.63, 3.8) is 0 Å². The van der Waals surface area contributed by atoms with Crippen molar-refractivity contribution in [3.05, 3.63) is 65.4 Å². The number of phenols is 1. The van der Waals surface area contributed by atoms with Gasteiger partial charge >= 0.3 is 5.97 Å². The Balaban J connectivity index is 2.23. The van der Waals surface area contributed by atoms with Crippen LogP contribution >= 0.6 is 0 Å². The summed E-state index contributed by atoms with van der Waals surface area (Å²) in [5.41, 5.74) is 1.36. The molecule has 0 amide bonds. The lowest BCUT2D eigenvalue weighted by Crippen LogP contribution is -2.12. The van der Waals surface area contributed by atoms with Gasteiger partial charge in [0.05, 0.1) is 12.2 Å². The molecule has 0 bridgehead atoms. The number of carbonyl (C=O) groups is 2. The number of hydrogen-bond donors (Lipinski definition) is 2. The van der Waals surface area contributed by atoms with E-state index < -0.39 is 5.97 Å². The van der Waals surface area contributed by atoms with Gasteiger partial charge in [-0.2, -0.15) is 0 Å². The standard InChI is InChI=1S/C18H15NO4/c1-2-23-18(22)16-15(17(21)11-6-4-3-5-7-11)13-10-12(20)8-9-14(13)19-16/h3-10,19-20H,2H2,1H3. The molecule has 0 aliphatic carbocycles. The minimum Gasteiger partial charge on any atom is -0.508 e. The van der Waals surface area contributed by atoms with E-state index >= 15 is 0 Å². The van der Waals surface area contributed by atoms with Crippen molar-refractivity contribution in [2.45, 2.75) is 6.92 Å². The molecular weight excluding hydrogens is 294 g/mol. The molecule has 1 aromatic heterocycles. The van der Waals surface area contributed by atoms with E-state index in [2.05, 4.69) is 4.98 Å². The Kier molecular flexibility index (Phi) is 3.85. The van der Waals surface area contributed by atoms with Crippen LogP contribution in [-0.2, 0) is 4.74 Å². The van der Waals surface area contributed by atoms with Crippen molar-refractivity contribution < 1.29 is 19.4 Å². The number of aromatic nitrogens is 1. The molecule has 116 valence electrons. The minimum absolute atomic E-state index is 0.0222. The van der Waals surface area contributed by atoms with Crippen LogP contribution in [0.1, 0.15) is 33.3 Å². The third-order valence-corrected chi connectivity index (χ3v) is 3.52. The number of aromatic amines is 1. The summed E-state index contributed by atoms with van der Waals surface area (Å²) in [6, 6.07) is 13.2. The van der Waals surface area contributed by atoms with Crippen LogP contribution in [-0.4, -0.2) is 28.4 Å². The lowest BCUT2D eigenvalue weighted by atomic mass is 10.00. The second-order valence-corrected chi connectivity index (χ2v) is 5.02. The Labute approximate surface area is 132 Å². The number of carbonyl (C=O) groups excluding carboxylic acids is 2. The van der Waals surface area contributed by atoms with E-state index in [1.807, 2.05) is 6.07 Å². The molecule has 0 spiro atoms. The molecule has 0 radical (unpaired) electrons. The molecule has 3 aromatic rings. The number of fused-ring (bicyclic) bond motifs is 1. The molecule has 2 aromatic carbocycles. The van der Waals surface area contributed by atoms with Gasteiger partial charge in [0.1, 0.15) is 11.4 Å². The second-order valence-electron chi connectivity index (χ2n) is 5.02. The van der Waals surface area contributed by atoms with Gasteiger partial charge in [0.25, 0.3) is 0 Å². The number of benzene rings is 2. The monoisotopic (exact) mass is 309 g/mol. The molecule has 0 saturated carbocycles. The highest BCUT2D eigenvalue weighted by Crippen LogP contribution is 2.28. The van der Waals surface area contributed by atoms with Gasteiger partial charge in [-0.05, 0) is 25.1 Å². The average Bonchev–Trinajstić information content (AvgIpc) is 2.94. The topological polar surface area (TPSA) is 79.4 Å². The number of rotatable bonds is 4. The van der Waals surface area contributed by atoms with E-state index in [1.54, 1.807) is 37.3 Å². The SMILES string of the molecule is CCOC(=O)c1[nH]c2ccc(O)cc2c1C(=O)c1ccccc1. The lowest BCUT2D eigenvalue weighted by Gasteiger charge is -2.04. The first-order valence-electron chi connectivity index (χ1n) is 7.23. The molecule has 0 atom stereocenters. The molecule has 2 N–H and O–H groups in total. The number of aromatic hydroxyl groups is 1. The molecule has 0 unspecified atom stereocenters. The predicted molar refractivity (Wildman–Crippen MR) is 85.8 cm³/mol. The van der Waals surface area contributed by atoms with Gasteiger partial charge in [-0.1, -0.05) is 30.3 Å². The highest BCUT2D eigenvalue weighted by atomic mass is 16.5. The normalized spacial score (nSPS) is 10.7. The van der Waals surface area contributed by atoms with Crippen LogP contribution in [0.3, 0.4) is 0 Å². The van der Waals surface area contributed by atoms with E-state index in [9.17, 15) is 14.7 Å². The number of phenolic OH excluding ortho intramolecular Hbond substituents is 1. The molecule has 0 fully saturated rings. The van der Waals surface area contributed by atoms with Crippen LogP contribution in [0.4, 0.5) is 0 Å². The van der Waals surface area contributed by atoms with E-state index in [0.29, 0.717) is 16.5 Å². The zero-order chi connectivity index (χ0) is 16.4. The maximum atomic E-state index is 12.9. The van der Waals surface area contributed by atoms with Crippen molar-refractivity contribution in [2.24, 2.45) is 0 Å². The largest absolute Gasteiger partial charge is 0.508 e. The number of ether oxygens (including phenoxy) is 1. The Hall–Kier alpha value is -3.08. The van der Waals surface area contributed by atoms with Crippen LogP contribution in [0.5, 0.6) is 5.75 Å². The molecule has 5 nitrogen and oxygen atoms in total. The molecule has 5 heteroatoms. The summed E-state index contributed by atoms with van der Waals surface area (Å²) >= 11 is 0. The fourth-order valence-corrected chi connectivity index (χ4v) is 2.51. The molecule has 3 rings (SSSR count). The zero-order valence-electron chi connectivity index (χ0n) is 12.5. The average molecular weight is 309 g/mol. The highest BCUT2D eigenvalue weighted by molar-refractivity contribution is 6.21. The number of esters is 1. The van der Waals surface area contributed by atoms with Crippen LogP contribution in [0.25, 0.3) is 10.9 Å². The molecule has 23 heavy (non-hydrogen) atoms. The van der Waals surface area contributed by atoms with Crippen molar-refractivity contribution in [1.29, 1.82) is 0 Å².